The number of carbonyl (C=O) groups excluding carboxylic acids is 2. The van der Waals surface area contributed by atoms with Crippen LogP contribution in [0.25, 0.3) is 0 Å². The Hall–Kier alpha value is -3.02. The predicted molar refractivity (Wildman–Crippen MR) is 124 cm³/mol. The fourth-order valence-electron chi connectivity index (χ4n) is 3.83. The lowest BCUT2D eigenvalue weighted by Crippen LogP contribution is -2.38. The van der Waals surface area contributed by atoms with Gasteiger partial charge in [-0.25, -0.2) is 4.79 Å². The molecule has 166 valence electrons. The summed E-state index contributed by atoms with van der Waals surface area (Å²) in [6.07, 6.45) is 3.71. The van der Waals surface area contributed by atoms with Gasteiger partial charge in [0, 0.05) is 30.4 Å². The maximum atomic E-state index is 12.8. The van der Waals surface area contributed by atoms with Gasteiger partial charge in [0.1, 0.15) is 5.75 Å². The summed E-state index contributed by atoms with van der Waals surface area (Å²) in [7, 11) is 0. The number of carbonyl (C=O) groups is 2. The zero-order valence-corrected chi connectivity index (χ0v) is 18.6. The third kappa shape index (κ3) is 6.48. The van der Waals surface area contributed by atoms with Crippen molar-refractivity contribution in [3.63, 3.8) is 0 Å². The summed E-state index contributed by atoms with van der Waals surface area (Å²) < 4.78 is 0. The summed E-state index contributed by atoms with van der Waals surface area (Å²) in [5.74, 6) is 0.996. The van der Waals surface area contributed by atoms with Crippen LogP contribution in [-0.2, 0) is 6.42 Å². The van der Waals surface area contributed by atoms with Crippen LogP contribution in [0.2, 0.25) is 0 Å². The van der Waals surface area contributed by atoms with Gasteiger partial charge in [-0.2, -0.15) is 0 Å². The Bertz CT molecular complexity index is 903. The average molecular weight is 424 g/mol. The molecule has 1 atom stereocenters. The number of aryl methyl sites for hydroxylation is 2. The van der Waals surface area contributed by atoms with Crippen molar-refractivity contribution in [2.75, 3.05) is 18.4 Å². The van der Waals surface area contributed by atoms with Gasteiger partial charge >= 0.3 is 6.03 Å². The van der Waals surface area contributed by atoms with Crippen molar-refractivity contribution in [3.05, 3.63) is 59.2 Å². The van der Waals surface area contributed by atoms with E-state index in [0.29, 0.717) is 17.2 Å². The number of aromatic hydroxyl groups is 1. The van der Waals surface area contributed by atoms with Gasteiger partial charge < -0.3 is 20.6 Å². The maximum absolute atomic E-state index is 12.8. The zero-order valence-electron chi connectivity index (χ0n) is 18.6. The highest BCUT2D eigenvalue weighted by Crippen LogP contribution is 2.21. The number of benzene rings is 2. The quantitative estimate of drug-likeness (QED) is 0.629. The van der Waals surface area contributed by atoms with E-state index in [9.17, 15) is 14.7 Å². The predicted octanol–water partition coefficient (Wildman–Crippen LogP) is 4.72. The second kappa shape index (κ2) is 10.3. The Balaban J connectivity index is 1.50. The second-order valence-electron chi connectivity index (χ2n) is 8.71. The lowest BCUT2D eigenvalue weighted by molar-refractivity contribution is 0.0697. The Morgan fingerprint density at radius 1 is 1.13 bits per heavy atom. The Labute approximate surface area is 184 Å². The summed E-state index contributed by atoms with van der Waals surface area (Å²) >= 11 is 0. The van der Waals surface area contributed by atoms with Gasteiger partial charge in [-0.3, -0.25) is 4.79 Å². The first-order valence-corrected chi connectivity index (χ1v) is 11.1. The molecule has 0 radical (unpaired) electrons. The maximum Gasteiger partial charge on any atom is 0.319 e. The van der Waals surface area contributed by atoms with E-state index in [-0.39, 0.29) is 23.7 Å². The zero-order chi connectivity index (χ0) is 22.4. The molecule has 3 amide bonds. The van der Waals surface area contributed by atoms with E-state index in [2.05, 4.69) is 17.6 Å². The SMILES string of the molecule is Cc1cc(C(=O)N2CCC(C)CC2)ccc1NC(=O)NC(C)CCc1ccc(O)cc1. The summed E-state index contributed by atoms with van der Waals surface area (Å²) in [5, 5.41) is 15.2. The van der Waals surface area contributed by atoms with E-state index in [1.807, 2.05) is 36.9 Å². The Morgan fingerprint density at radius 2 is 1.81 bits per heavy atom. The highest BCUT2D eigenvalue weighted by atomic mass is 16.3. The number of anilines is 1. The minimum atomic E-state index is -0.259. The number of hydrogen-bond acceptors (Lipinski definition) is 3. The van der Waals surface area contributed by atoms with E-state index in [4.69, 9.17) is 0 Å². The molecule has 1 aliphatic heterocycles. The first-order chi connectivity index (χ1) is 14.8. The lowest BCUT2D eigenvalue weighted by Gasteiger charge is -2.30. The first-order valence-electron chi connectivity index (χ1n) is 11.1. The Kier molecular flexibility index (Phi) is 7.55. The summed E-state index contributed by atoms with van der Waals surface area (Å²) in [5.41, 5.74) is 3.35. The van der Waals surface area contributed by atoms with Gasteiger partial charge in [0.2, 0.25) is 0 Å². The van der Waals surface area contributed by atoms with Crippen molar-refractivity contribution >= 4 is 17.6 Å². The second-order valence-corrected chi connectivity index (χ2v) is 8.71. The van der Waals surface area contributed by atoms with Gasteiger partial charge in [-0.1, -0.05) is 19.1 Å². The van der Waals surface area contributed by atoms with Crippen molar-refractivity contribution < 1.29 is 14.7 Å². The third-order valence-electron chi connectivity index (χ3n) is 5.97. The van der Waals surface area contributed by atoms with Crippen LogP contribution in [0.1, 0.15) is 54.6 Å². The fraction of sp³-hybridized carbons (Fsp3) is 0.440. The third-order valence-corrected chi connectivity index (χ3v) is 5.97. The number of rotatable bonds is 6. The number of piperidine rings is 1. The van der Waals surface area contributed by atoms with Crippen LogP contribution in [0.5, 0.6) is 5.75 Å². The monoisotopic (exact) mass is 423 g/mol. The molecular formula is C25H33N3O3. The van der Waals surface area contributed by atoms with Crippen molar-refractivity contribution in [3.8, 4) is 5.75 Å². The van der Waals surface area contributed by atoms with Crippen LogP contribution in [0.15, 0.2) is 42.5 Å². The van der Waals surface area contributed by atoms with Crippen LogP contribution >= 0.6 is 0 Å². The molecule has 0 saturated carbocycles. The van der Waals surface area contributed by atoms with Gasteiger partial charge in [0.25, 0.3) is 5.91 Å². The standard InChI is InChI=1S/C25H33N3O3/c1-17-12-14-28(15-13-17)24(30)21-8-11-23(18(2)16-21)27-25(31)26-19(3)4-5-20-6-9-22(29)10-7-20/h6-11,16-17,19,29H,4-5,12-15H2,1-3H3,(H2,26,27,31). The minimum absolute atomic E-state index is 0.00328. The fourth-order valence-corrected chi connectivity index (χ4v) is 3.83. The molecule has 1 saturated heterocycles. The number of amides is 3. The van der Waals surface area contributed by atoms with Crippen LogP contribution in [0.3, 0.4) is 0 Å². The molecule has 31 heavy (non-hydrogen) atoms. The normalized spacial score (nSPS) is 15.4. The summed E-state index contributed by atoms with van der Waals surface area (Å²) in [4.78, 5) is 27.1. The molecule has 0 aromatic heterocycles. The van der Waals surface area contributed by atoms with E-state index >= 15 is 0 Å². The van der Waals surface area contributed by atoms with E-state index < -0.39 is 0 Å². The highest BCUT2D eigenvalue weighted by Gasteiger charge is 2.22. The number of urea groups is 1. The highest BCUT2D eigenvalue weighted by molar-refractivity contribution is 5.96. The van der Waals surface area contributed by atoms with Crippen LogP contribution in [0, 0.1) is 12.8 Å². The van der Waals surface area contributed by atoms with E-state index in [1.54, 1.807) is 24.3 Å². The number of nitrogens with one attached hydrogen (secondary N) is 2. The number of nitrogens with zero attached hydrogens (tertiary/aromatic N) is 1. The van der Waals surface area contributed by atoms with E-state index in [1.165, 1.54) is 0 Å². The van der Waals surface area contributed by atoms with Gasteiger partial charge in [-0.05, 0) is 86.9 Å². The van der Waals surface area contributed by atoms with Crippen molar-refractivity contribution in [2.45, 2.75) is 52.5 Å². The molecular weight excluding hydrogens is 390 g/mol. The molecule has 6 nitrogen and oxygen atoms in total. The molecule has 0 aliphatic carbocycles. The number of likely N-dealkylation sites (tertiary alicyclic amines) is 1. The molecule has 1 fully saturated rings. The molecule has 2 aromatic rings. The first kappa shape index (κ1) is 22.7. The molecule has 3 rings (SSSR count). The number of hydrogen-bond donors (Lipinski definition) is 3. The smallest absolute Gasteiger partial charge is 0.319 e. The van der Waals surface area contributed by atoms with Gasteiger partial charge in [0.05, 0.1) is 0 Å². The van der Waals surface area contributed by atoms with Crippen LogP contribution in [0.4, 0.5) is 10.5 Å². The van der Waals surface area contributed by atoms with Crippen molar-refractivity contribution in [2.24, 2.45) is 5.92 Å². The van der Waals surface area contributed by atoms with Crippen molar-refractivity contribution in [1.29, 1.82) is 0 Å². The summed E-state index contributed by atoms with van der Waals surface area (Å²) in [6.45, 7) is 7.71. The molecule has 6 heteroatoms. The van der Waals surface area contributed by atoms with Gasteiger partial charge in [0.15, 0.2) is 0 Å². The molecule has 0 bridgehead atoms. The molecule has 1 heterocycles. The van der Waals surface area contributed by atoms with E-state index in [0.717, 1.165) is 49.9 Å². The number of phenols is 1. The average Bonchev–Trinajstić information content (AvgIpc) is 2.75. The molecule has 0 spiro atoms. The van der Waals surface area contributed by atoms with Crippen molar-refractivity contribution in [1.82, 2.24) is 10.2 Å². The Morgan fingerprint density at radius 3 is 2.45 bits per heavy atom. The van der Waals surface area contributed by atoms with Crippen LogP contribution < -0.4 is 10.6 Å². The molecule has 3 N–H and O–H groups in total. The largest absolute Gasteiger partial charge is 0.508 e. The van der Waals surface area contributed by atoms with Crippen LogP contribution in [-0.4, -0.2) is 41.1 Å². The topological polar surface area (TPSA) is 81.7 Å². The number of phenolic OH excluding ortho intramolecular Hbond substituents is 1. The molecule has 1 aliphatic rings. The minimum Gasteiger partial charge on any atom is -0.508 e. The van der Waals surface area contributed by atoms with Gasteiger partial charge in [-0.15, -0.1) is 0 Å². The summed E-state index contributed by atoms with van der Waals surface area (Å²) in [6, 6.07) is 12.3. The lowest BCUT2D eigenvalue weighted by atomic mass is 9.98. The molecule has 1 unspecified atom stereocenters. The molecule has 2 aromatic carbocycles.